The van der Waals surface area contributed by atoms with E-state index in [0.717, 1.165) is 0 Å². The predicted octanol–water partition coefficient (Wildman–Crippen LogP) is 3.64. The number of rotatable bonds is 6. The number of hydrogen-bond acceptors (Lipinski definition) is 5. The van der Waals surface area contributed by atoms with E-state index in [2.05, 4.69) is 0 Å². The molecule has 0 aliphatic carbocycles. The third-order valence-electron chi connectivity index (χ3n) is 4.16. The largest absolute Gasteiger partial charge is 0.483 e. The van der Waals surface area contributed by atoms with E-state index in [9.17, 15) is 14.7 Å². The minimum absolute atomic E-state index is 0.279. The van der Waals surface area contributed by atoms with Crippen LogP contribution in [0.25, 0.3) is 10.8 Å². The maximum Gasteiger partial charge on any atom is 0.338 e. The average molecular weight is 400 g/mol. The van der Waals surface area contributed by atoms with Gasteiger partial charge >= 0.3 is 5.97 Å². The summed E-state index contributed by atoms with van der Waals surface area (Å²) in [6, 6.07) is 17.1. The van der Waals surface area contributed by atoms with Crippen molar-refractivity contribution in [3.05, 3.63) is 71.2 Å². The number of halogens is 1. The molecule has 7 heteroatoms. The standard InChI is InChI=1S/C21H18ClNO5/c1-27-21(26)15-9-14-10-16(22)7-8-18(14)19(11-15)28-12-20(25)23(13-24)17-5-3-2-4-6-17/h2-11,24H,12-13H2,1H3. The van der Waals surface area contributed by atoms with E-state index in [0.29, 0.717) is 27.2 Å². The second-order valence-electron chi connectivity index (χ2n) is 5.92. The Kier molecular flexibility index (Phi) is 6.13. The molecule has 0 bridgehead atoms. The molecule has 0 unspecified atom stereocenters. The quantitative estimate of drug-likeness (QED) is 0.506. The number of carbonyl (C=O) groups is 2. The summed E-state index contributed by atoms with van der Waals surface area (Å²) in [5, 5.41) is 11.5. The summed E-state index contributed by atoms with van der Waals surface area (Å²) < 4.78 is 10.5. The van der Waals surface area contributed by atoms with Crippen LogP contribution in [0.5, 0.6) is 5.75 Å². The summed E-state index contributed by atoms with van der Waals surface area (Å²) >= 11 is 6.05. The van der Waals surface area contributed by atoms with Crippen LogP contribution >= 0.6 is 11.6 Å². The smallest absolute Gasteiger partial charge is 0.338 e. The average Bonchev–Trinajstić information content (AvgIpc) is 2.72. The molecule has 3 rings (SSSR count). The SMILES string of the molecule is COC(=O)c1cc(OCC(=O)N(CO)c2ccccc2)c2ccc(Cl)cc2c1. The third kappa shape index (κ3) is 4.24. The number of esters is 1. The number of nitrogens with zero attached hydrogens (tertiary/aromatic N) is 1. The summed E-state index contributed by atoms with van der Waals surface area (Å²) in [4.78, 5) is 25.7. The van der Waals surface area contributed by atoms with Crippen molar-refractivity contribution in [1.29, 1.82) is 0 Å². The van der Waals surface area contributed by atoms with Crippen molar-refractivity contribution < 1.29 is 24.2 Å². The Morgan fingerprint density at radius 3 is 2.50 bits per heavy atom. The first kappa shape index (κ1) is 19.7. The molecule has 0 aliphatic heterocycles. The Hall–Kier alpha value is -3.09. The topological polar surface area (TPSA) is 76.1 Å². The van der Waals surface area contributed by atoms with E-state index in [1.54, 1.807) is 48.5 Å². The van der Waals surface area contributed by atoms with Gasteiger partial charge in [0.05, 0.1) is 12.7 Å². The van der Waals surface area contributed by atoms with Gasteiger partial charge in [-0.2, -0.15) is 0 Å². The second-order valence-corrected chi connectivity index (χ2v) is 6.36. The number of aliphatic hydroxyl groups is 1. The number of aliphatic hydroxyl groups excluding tert-OH is 1. The van der Waals surface area contributed by atoms with Crippen molar-refractivity contribution in [2.24, 2.45) is 0 Å². The first-order valence-electron chi connectivity index (χ1n) is 8.44. The first-order valence-corrected chi connectivity index (χ1v) is 8.82. The molecule has 0 fully saturated rings. The number of fused-ring (bicyclic) bond motifs is 1. The normalized spacial score (nSPS) is 10.5. The lowest BCUT2D eigenvalue weighted by Gasteiger charge is -2.20. The minimum atomic E-state index is -0.528. The highest BCUT2D eigenvalue weighted by Crippen LogP contribution is 2.30. The molecule has 144 valence electrons. The van der Waals surface area contributed by atoms with Crippen molar-refractivity contribution in [3.63, 3.8) is 0 Å². The highest BCUT2D eigenvalue weighted by molar-refractivity contribution is 6.31. The van der Waals surface area contributed by atoms with E-state index in [1.807, 2.05) is 6.07 Å². The Morgan fingerprint density at radius 1 is 1.07 bits per heavy atom. The molecule has 0 aromatic heterocycles. The summed E-state index contributed by atoms with van der Waals surface area (Å²) in [6.07, 6.45) is 0. The van der Waals surface area contributed by atoms with Crippen molar-refractivity contribution in [3.8, 4) is 5.75 Å². The molecular formula is C21H18ClNO5. The van der Waals surface area contributed by atoms with E-state index in [-0.39, 0.29) is 12.2 Å². The maximum atomic E-state index is 12.5. The highest BCUT2D eigenvalue weighted by Gasteiger charge is 2.17. The van der Waals surface area contributed by atoms with Crippen LogP contribution in [-0.4, -0.2) is 37.4 Å². The Labute approximate surface area is 166 Å². The van der Waals surface area contributed by atoms with Crippen LogP contribution in [0.2, 0.25) is 5.02 Å². The van der Waals surface area contributed by atoms with Crippen molar-refractivity contribution in [2.45, 2.75) is 0 Å². The van der Waals surface area contributed by atoms with Crippen LogP contribution in [0.4, 0.5) is 5.69 Å². The zero-order valence-corrected chi connectivity index (χ0v) is 15.8. The van der Waals surface area contributed by atoms with Gasteiger partial charge in [-0.3, -0.25) is 9.69 Å². The molecule has 3 aromatic carbocycles. The zero-order valence-electron chi connectivity index (χ0n) is 15.1. The van der Waals surface area contributed by atoms with Gasteiger partial charge in [0.15, 0.2) is 6.61 Å². The van der Waals surface area contributed by atoms with E-state index >= 15 is 0 Å². The van der Waals surface area contributed by atoms with Crippen LogP contribution in [-0.2, 0) is 9.53 Å². The molecule has 6 nitrogen and oxygen atoms in total. The predicted molar refractivity (Wildman–Crippen MR) is 107 cm³/mol. The molecule has 0 aliphatic rings. The molecule has 1 amide bonds. The van der Waals surface area contributed by atoms with Crippen LogP contribution in [0.1, 0.15) is 10.4 Å². The van der Waals surface area contributed by atoms with Gasteiger partial charge in [-0.1, -0.05) is 29.8 Å². The lowest BCUT2D eigenvalue weighted by atomic mass is 10.1. The van der Waals surface area contributed by atoms with E-state index in [1.165, 1.54) is 18.1 Å². The number of anilines is 1. The van der Waals surface area contributed by atoms with Gasteiger partial charge in [0, 0.05) is 16.1 Å². The molecule has 3 aromatic rings. The first-order chi connectivity index (χ1) is 13.5. The van der Waals surface area contributed by atoms with Crippen molar-refractivity contribution in [2.75, 3.05) is 25.3 Å². The summed E-state index contributed by atoms with van der Waals surface area (Å²) in [5.41, 5.74) is 0.834. The number of ether oxygens (including phenoxy) is 2. The van der Waals surface area contributed by atoms with Gasteiger partial charge < -0.3 is 14.6 Å². The molecule has 0 heterocycles. The molecule has 0 spiro atoms. The third-order valence-corrected chi connectivity index (χ3v) is 4.39. The van der Waals surface area contributed by atoms with Gasteiger partial charge in [-0.05, 0) is 47.9 Å². The van der Waals surface area contributed by atoms with Gasteiger partial charge in [0.2, 0.25) is 0 Å². The number of carbonyl (C=O) groups excluding carboxylic acids is 2. The second kappa shape index (κ2) is 8.73. The molecule has 0 saturated carbocycles. The van der Waals surface area contributed by atoms with Gasteiger partial charge in [-0.25, -0.2) is 4.79 Å². The summed E-state index contributed by atoms with van der Waals surface area (Å²) in [5.74, 6) is -0.618. The van der Waals surface area contributed by atoms with Gasteiger partial charge in [0.1, 0.15) is 12.5 Å². The highest BCUT2D eigenvalue weighted by atomic mass is 35.5. The van der Waals surface area contributed by atoms with Crippen LogP contribution in [0, 0.1) is 0 Å². The van der Waals surface area contributed by atoms with Gasteiger partial charge in [-0.15, -0.1) is 0 Å². The van der Waals surface area contributed by atoms with Crippen molar-refractivity contribution in [1.82, 2.24) is 0 Å². The zero-order chi connectivity index (χ0) is 20.1. The van der Waals surface area contributed by atoms with Crippen LogP contribution in [0.3, 0.4) is 0 Å². The van der Waals surface area contributed by atoms with Crippen LogP contribution in [0.15, 0.2) is 60.7 Å². The molecule has 1 N–H and O–H groups in total. The number of para-hydroxylation sites is 1. The molecule has 0 atom stereocenters. The van der Waals surface area contributed by atoms with Crippen molar-refractivity contribution >= 4 is 39.9 Å². The molecule has 28 heavy (non-hydrogen) atoms. The summed E-state index contributed by atoms with van der Waals surface area (Å²) in [6.45, 7) is -0.803. The number of amides is 1. The van der Waals surface area contributed by atoms with Gasteiger partial charge in [0.25, 0.3) is 5.91 Å². The lowest BCUT2D eigenvalue weighted by Crippen LogP contribution is -2.35. The number of hydrogen-bond donors (Lipinski definition) is 1. The fourth-order valence-corrected chi connectivity index (χ4v) is 2.97. The van der Waals surface area contributed by atoms with Crippen LogP contribution < -0.4 is 9.64 Å². The summed E-state index contributed by atoms with van der Waals surface area (Å²) in [7, 11) is 1.29. The Bertz CT molecular complexity index is 1010. The number of methoxy groups -OCH3 is 1. The molecule has 0 radical (unpaired) electrons. The monoisotopic (exact) mass is 399 g/mol. The minimum Gasteiger partial charge on any atom is -0.483 e. The Balaban J connectivity index is 1.88. The maximum absolute atomic E-state index is 12.5. The Morgan fingerprint density at radius 2 is 1.82 bits per heavy atom. The fraction of sp³-hybridized carbons (Fsp3) is 0.143. The molecule has 0 saturated heterocycles. The lowest BCUT2D eigenvalue weighted by molar-refractivity contribution is -0.121. The fourth-order valence-electron chi connectivity index (χ4n) is 2.79. The number of benzene rings is 3. The van der Waals surface area contributed by atoms with E-state index < -0.39 is 18.6 Å². The molecular weight excluding hydrogens is 382 g/mol. The van der Waals surface area contributed by atoms with E-state index in [4.69, 9.17) is 21.1 Å².